The maximum atomic E-state index is 10.8. The van der Waals surface area contributed by atoms with Crippen LogP contribution in [0.1, 0.15) is 6.92 Å². The second kappa shape index (κ2) is 3.14. The second-order valence-electron chi connectivity index (χ2n) is 3.13. The lowest BCUT2D eigenvalue weighted by molar-refractivity contribution is -0.114. The SMILES string of the molecule is Bc1ccc2nc(NC(C)=O)nn2c1. The zero-order valence-electron chi connectivity index (χ0n) is 7.98. The lowest BCUT2D eigenvalue weighted by Gasteiger charge is -1.91. The third-order valence-electron chi connectivity index (χ3n) is 1.77. The fourth-order valence-corrected chi connectivity index (χ4v) is 1.20. The Kier molecular flexibility index (Phi) is 1.96. The van der Waals surface area contributed by atoms with Crippen LogP contribution in [-0.4, -0.2) is 28.4 Å². The van der Waals surface area contributed by atoms with Gasteiger partial charge in [0.25, 0.3) is 0 Å². The number of carbonyl (C=O) groups excluding carboxylic acids is 1. The second-order valence-corrected chi connectivity index (χ2v) is 3.13. The highest BCUT2D eigenvalue weighted by molar-refractivity contribution is 6.32. The molecule has 0 spiro atoms. The molecule has 14 heavy (non-hydrogen) atoms. The first-order valence-corrected chi connectivity index (χ1v) is 4.26. The Morgan fingerprint density at radius 3 is 3.07 bits per heavy atom. The van der Waals surface area contributed by atoms with E-state index in [2.05, 4.69) is 15.4 Å². The van der Waals surface area contributed by atoms with Gasteiger partial charge < -0.3 is 0 Å². The van der Waals surface area contributed by atoms with Crippen LogP contribution >= 0.6 is 0 Å². The van der Waals surface area contributed by atoms with Crippen LogP contribution in [0.15, 0.2) is 18.3 Å². The predicted octanol–water partition coefficient (Wildman–Crippen LogP) is -1.05. The molecule has 6 heteroatoms. The molecule has 0 radical (unpaired) electrons. The minimum atomic E-state index is -0.169. The van der Waals surface area contributed by atoms with Gasteiger partial charge in [-0.25, -0.2) is 4.52 Å². The number of rotatable bonds is 1. The summed E-state index contributed by atoms with van der Waals surface area (Å²) in [6, 6.07) is 3.80. The van der Waals surface area contributed by atoms with E-state index in [0.717, 1.165) is 11.1 Å². The van der Waals surface area contributed by atoms with E-state index in [9.17, 15) is 4.79 Å². The molecule has 0 bridgehead atoms. The number of nitrogens with zero attached hydrogens (tertiary/aromatic N) is 3. The number of amides is 1. The van der Waals surface area contributed by atoms with Gasteiger partial charge >= 0.3 is 0 Å². The van der Waals surface area contributed by atoms with E-state index in [-0.39, 0.29) is 5.91 Å². The Bertz CT molecular complexity index is 493. The van der Waals surface area contributed by atoms with Crippen molar-refractivity contribution in [1.29, 1.82) is 0 Å². The van der Waals surface area contributed by atoms with Crippen molar-refractivity contribution in [2.24, 2.45) is 0 Å². The number of anilines is 1. The predicted molar refractivity (Wildman–Crippen MR) is 55.5 cm³/mol. The normalized spacial score (nSPS) is 10.4. The number of nitrogens with one attached hydrogen (secondary N) is 1. The summed E-state index contributed by atoms with van der Waals surface area (Å²) >= 11 is 0. The van der Waals surface area contributed by atoms with Gasteiger partial charge in [0, 0.05) is 13.1 Å². The lowest BCUT2D eigenvalue weighted by Crippen LogP contribution is -2.07. The molecule has 0 unspecified atom stereocenters. The standard InChI is InChI=1S/C8H9BN4O/c1-5(14)10-8-11-7-3-2-6(9)4-13(7)12-8/h2-4H,9H2,1H3,(H,10,12,14). The van der Waals surface area contributed by atoms with Gasteiger partial charge in [0.2, 0.25) is 11.9 Å². The molecule has 0 aromatic carbocycles. The first kappa shape index (κ1) is 8.74. The van der Waals surface area contributed by atoms with E-state index in [1.165, 1.54) is 6.92 Å². The average molecular weight is 188 g/mol. The molecule has 0 aliphatic rings. The van der Waals surface area contributed by atoms with Crippen molar-refractivity contribution in [2.45, 2.75) is 6.92 Å². The largest absolute Gasteiger partial charge is 0.293 e. The summed E-state index contributed by atoms with van der Waals surface area (Å²) in [5, 5.41) is 6.62. The van der Waals surface area contributed by atoms with E-state index < -0.39 is 0 Å². The van der Waals surface area contributed by atoms with Crippen LogP contribution in [0.4, 0.5) is 5.95 Å². The van der Waals surface area contributed by atoms with Gasteiger partial charge in [0.15, 0.2) is 5.65 Å². The summed E-state index contributed by atoms with van der Waals surface area (Å²) in [6.45, 7) is 1.43. The van der Waals surface area contributed by atoms with Gasteiger partial charge in [-0.1, -0.05) is 11.5 Å². The summed E-state index contributed by atoms with van der Waals surface area (Å²) in [5.41, 5.74) is 1.82. The molecule has 0 aliphatic heterocycles. The van der Waals surface area contributed by atoms with E-state index in [0.29, 0.717) is 5.95 Å². The zero-order chi connectivity index (χ0) is 10.1. The third-order valence-corrected chi connectivity index (χ3v) is 1.77. The van der Waals surface area contributed by atoms with Gasteiger partial charge in [0.1, 0.15) is 7.85 Å². The maximum Gasteiger partial charge on any atom is 0.249 e. The van der Waals surface area contributed by atoms with Gasteiger partial charge in [-0.2, -0.15) is 4.98 Å². The molecule has 1 amide bonds. The van der Waals surface area contributed by atoms with Crippen molar-refractivity contribution in [3.05, 3.63) is 18.3 Å². The molecule has 2 aromatic heterocycles. The van der Waals surface area contributed by atoms with Gasteiger partial charge in [0.05, 0.1) is 0 Å². The minimum absolute atomic E-state index is 0.169. The van der Waals surface area contributed by atoms with Crippen LogP contribution < -0.4 is 10.8 Å². The van der Waals surface area contributed by atoms with Gasteiger partial charge in [-0.15, -0.1) is 5.10 Å². The molecular formula is C8H9BN4O. The molecule has 70 valence electrons. The molecule has 0 aliphatic carbocycles. The number of hydrogen-bond donors (Lipinski definition) is 1. The number of fused-ring (bicyclic) bond motifs is 1. The molecule has 1 N–H and O–H groups in total. The summed E-state index contributed by atoms with van der Waals surface area (Å²) in [7, 11) is 1.97. The first-order valence-electron chi connectivity index (χ1n) is 4.26. The topological polar surface area (TPSA) is 59.3 Å². The third kappa shape index (κ3) is 1.59. The number of hydrogen-bond acceptors (Lipinski definition) is 3. The average Bonchev–Trinajstić information content (AvgIpc) is 2.44. The van der Waals surface area contributed by atoms with E-state index >= 15 is 0 Å². The summed E-state index contributed by atoms with van der Waals surface area (Å²) in [4.78, 5) is 14.9. The summed E-state index contributed by atoms with van der Waals surface area (Å²) < 4.78 is 1.64. The minimum Gasteiger partial charge on any atom is -0.293 e. The van der Waals surface area contributed by atoms with Crippen molar-refractivity contribution < 1.29 is 4.79 Å². The number of carbonyl (C=O) groups is 1. The van der Waals surface area contributed by atoms with Crippen molar-refractivity contribution >= 4 is 30.8 Å². The molecule has 2 rings (SSSR count). The quantitative estimate of drug-likeness (QED) is 0.580. The van der Waals surface area contributed by atoms with Crippen LogP contribution in [-0.2, 0) is 4.79 Å². The molecule has 0 saturated carbocycles. The molecule has 2 aromatic rings. The summed E-state index contributed by atoms with van der Waals surface area (Å²) in [6.07, 6.45) is 1.85. The van der Waals surface area contributed by atoms with Crippen LogP contribution in [0, 0.1) is 0 Å². The Hall–Kier alpha value is -1.85. The van der Waals surface area contributed by atoms with Crippen LogP contribution in [0.25, 0.3) is 5.65 Å². The number of pyridine rings is 1. The molecule has 2 heterocycles. The fraction of sp³-hybridized carbons (Fsp3) is 0.125. The Balaban J connectivity index is 2.46. The van der Waals surface area contributed by atoms with Crippen molar-refractivity contribution in [3.8, 4) is 0 Å². The smallest absolute Gasteiger partial charge is 0.249 e. The maximum absolute atomic E-state index is 10.8. The summed E-state index contributed by atoms with van der Waals surface area (Å²) in [5.74, 6) is 0.167. The fourth-order valence-electron chi connectivity index (χ4n) is 1.20. The Morgan fingerprint density at radius 1 is 1.57 bits per heavy atom. The van der Waals surface area contributed by atoms with Gasteiger partial charge in [-0.05, 0) is 6.07 Å². The highest BCUT2D eigenvalue weighted by atomic mass is 16.1. The zero-order valence-corrected chi connectivity index (χ0v) is 7.98. The molecule has 0 atom stereocenters. The van der Waals surface area contributed by atoms with E-state index in [1.807, 2.05) is 26.2 Å². The van der Waals surface area contributed by atoms with E-state index in [1.54, 1.807) is 4.52 Å². The molecular weight excluding hydrogens is 179 g/mol. The Morgan fingerprint density at radius 2 is 2.36 bits per heavy atom. The lowest BCUT2D eigenvalue weighted by atomic mass is 9.99. The van der Waals surface area contributed by atoms with Crippen LogP contribution in [0.2, 0.25) is 0 Å². The van der Waals surface area contributed by atoms with Crippen molar-refractivity contribution in [2.75, 3.05) is 5.32 Å². The van der Waals surface area contributed by atoms with Crippen LogP contribution in [0.3, 0.4) is 0 Å². The van der Waals surface area contributed by atoms with E-state index in [4.69, 9.17) is 0 Å². The molecule has 0 saturated heterocycles. The molecule has 5 nitrogen and oxygen atoms in total. The van der Waals surface area contributed by atoms with Crippen molar-refractivity contribution in [3.63, 3.8) is 0 Å². The monoisotopic (exact) mass is 188 g/mol. The van der Waals surface area contributed by atoms with Crippen molar-refractivity contribution in [1.82, 2.24) is 14.6 Å². The van der Waals surface area contributed by atoms with Crippen LogP contribution in [0.5, 0.6) is 0 Å². The molecule has 0 fully saturated rings. The first-order chi connectivity index (χ1) is 6.65. The highest BCUT2D eigenvalue weighted by Crippen LogP contribution is 2.02. The highest BCUT2D eigenvalue weighted by Gasteiger charge is 2.03. The van der Waals surface area contributed by atoms with Gasteiger partial charge in [-0.3, -0.25) is 10.1 Å². The Labute approximate surface area is 81.6 Å². The number of aromatic nitrogens is 3.